The molecule has 2 rings (SSSR count). The summed E-state index contributed by atoms with van der Waals surface area (Å²) in [7, 11) is 0. The van der Waals surface area contributed by atoms with E-state index in [1.165, 1.54) is 89.9 Å². The van der Waals surface area contributed by atoms with Crippen LogP contribution >= 0.6 is 0 Å². The molecule has 0 aromatic rings. The Morgan fingerprint density at radius 1 is 0.654 bits per heavy atom. The molecule has 0 bridgehead atoms. The number of rotatable bonds is 9. The third-order valence-electron chi connectivity index (χ3n) is 6.92. The van der Waals surface area contributed by atoms with E-state index in [0.717, 1.165) is 23.3 Å². The van der Waals surface area contributed by atoms with Crippen LogP contribution in [-0.4, -0.2) is 11.4 Å². The Morgan fingerprint density at radius 3 is 1.50 bits per heavy atom. The lowest BCUT2D eigenvalue weighted by Gasteiger charge is -2.33. The lowest BCUT2D eigenvalue weighted by Crippen LogP contribution is -2.36. The Kier molecular flexibility index (Phi) is 9.49. The molecular formula is C22H42N4. The van der Waals surface area contributed by atoms with Gasteiger partial charge in [-0.15, -0.1) is 0 Å². The van der Waals surface area contributed by atoms with Gasteiger partial charge < -0.3 is 11.7 Å². The van der Waals surface area contributed by atoms with E-state index in [4.69, 9.17) is 11.7 Å². The van der Waals surface area contributed by atoms with E-state index < -0.39 is 0 Å². The molecule has 150 valence electrons. The largest absolute Gasteiger partial charge is 0.323 e. The first kappa shape index (κ1) is 21.2. The highest BCUT2D eigenvalue weighted by molar-refractivity contribution is 6.43. The number of hydrogen-bond donors (Lipinski definition) is 2. The zero-order valence-corrected chi connectivity index (χ0v) is 17.3. The Balaban J connectivity index is 1.87. The van der Waals surface area contributed by atoms with Crippen molar-refractivity contribution in [2.45, 2.75) is 104 Å². The van der Waals surface area contributed by atoms with Gasteiger partial charge in [-0.2, -0.15) is 10.2 Å². The summed E-state index contributed by atoms with van der Waals surface area (Å²) in [5, 5.41) is 8.43. The van der Waals surface area contributed by atoms with Crippen LogP contribution in [0.5, 0.6) is 0 Å². The van der Waals surface area contributed by atoms with Crippen LogP contribution in [0.1, 0.15) is 104 Å². The first-order valence-electron chi connectivity index (χ1n) is 11.3. The van der Waals surface area contributed by atoms with Crippen LogP contribution in [-0.2, 0) is 0 Å². The molecule has 2 aliphatic carbocycles. The molecule has 0 aromatic carbocycles. The summed E-state index contributed by atoms with van der Waals surface area (Å²) in [6, 6.07) is 0. The van der Waals surface area contributed by atoms with Crippen LogP contribution < -0.4 is 11.7 Å². The molecule has 0 amide bonds. The van der Waals surface area contributed by atoms with Gasteiger partial charge in [-0.3, -0.25) is 0 Å². The molecule has 2 fully saturated rings. The first-order chi connectivity index (χ1) is 12.7. The van der Waals surface area contributed by atoms with Gasteiger partial charge >= 0.3 is 0 Å². The summed E-state index contributed by atoms with van der Waals surface area (Å²) in [5.74, 6) is 14.4. The smallest absolute Gasteiger partial charge is 0.0866 e. The molecule has 0 heterocycles. The minimum Gasteiger partial charge on any atom is -0.323 e. The van der Waals surface area contributed by atoms with Crippen molar-refractivity contribution >= 4 is 11.4 Å². The minimum absolute atomic E-state index is 0.470. The molecule has 2 saturated carbocycles. The van der Waals surface area contributed by atoms with Crippen LogP contribution in [0.3, 0.4) is 0 Å². The molecular weight excluding hydrogens is 320 g/mol. The number of nitrogens with two attached hydrogens (primary N) is 2. The van der Waals surface area contributed by atoms with Crippen LogP contribution in [0.25, 0.3) is 0 Å². The topological polar surface area (TPSA) is 76.8 Å². The van der Waals surface area contributed by atoms with Crippen LogP contribution in [0.2, 0.25) is 0 Å². The Bertz CT molecular complexity index is 441. The van der Waals surface area contributed by atoms with Gasteiger partial charge in [-0.05, 0) is 63.2 Å². The monoisotopic (exact) mass is 362 g/mol. The highest BCUT2D eigenvalue weighted by Crippen LogP contribution is 2.36. The second-order valence-electron chi connectivity index (χ2n) is 8.75. The summed E-state index contributed by atoms with van der Waals surface area (Å²) >= 11 is 0. The quantitative estimate of drug-likeness (QED) is 0.242. The second-order valence-corrected chi connectivity index (χ2v) is 8.75. The van der Waals surface area contributed by atoms with E-state index in [1.807, 2.05) is 0 Å². The van der Waals surface area contributed by atoms with Crippen LogP contribution in [0, 0.1) is 23.7 Å². The minimum atomic E-state index is 0.470. The van der Waals surface area contributed by atoms with Gasteiger partial charge in [0.1, 0.15) is 0 Å². The van der Waals surface area contributed by atoms with E-state index in [0.29, 0.717) is 11.8 Å². The Hall–Kier alpha value is -1.06. The fraction of sp³-hybridized carbons (Fsp3) is 0.909. The standard InChI is InChI=1S/C22H42N4/c1-3-5-6-8-18-11-15-20(16-12-18)22(26-24)21(25-23)19-13-9-17(7-4-2)10-14-19/h17-20H,3-16,23-24H2,1-2H3. The molecule has 0 aliphatic heterocycles. The third-order valence-corrected chi connectivity index (χ3v) is 6.92. The third kappa shape index (κ3) is 5.99. The summed E-state index contributed by atoms with van der Waals surface area (Å²) in [6.07, 6.45) is 18.2. The predicted octanol–water partition coefficient (Wildman–Crippen LogP) is 5.61. The van der Waals surface area contributed by atoms with E-state index in [1.54, 1.807) is 0 Å². The van der Waals surface area contributed by atoms with E-state index >= 15 is 0 Å². The zero-order chi connectivity index (χ0) is 18.8. The van der Waals surface area contributed by atoms with Crippen molar-refractivity contribution in [1.82, 2.24) is 0 Å². The fourth-order valence-corrected chi connectivity index (χ4v) is 5.30. The van der Waals surface area contributed by atoms with Gasteiger partial charge in [-0.25, -0.2) is 0 Å². The molecule has 0 aromatic heterocycles. The van der Waals surface area contributed by atoms with Crippen molar-refractivity contribution in [1.29, 1.82) is 0 Å². The zero-order valence-electron chi connectivity index (χ0n) is 17.3. The number of unbranched alkanes of at least 4 members (excludes halogenated alkanes) is 2. The molecule has 0 unspecified atom stereocenters. The van der Waals surface area contributed by atoms with E-state index in [9.17, 15) is 0 Å². The van der Waals surface area contributed by atoms with Gasteiger partial charge in [0.2, 0.25) is 0 Å². The van der Waals surface area contributed by atoms with Gasteiger partial charge in [0.15, 0.2) is 0 Å². The Labute approximate surface area is 161 Å². The van der Waals surface area contributed by atoms with Crippen LogP contribution in [0.15, 0.2) is 10.2 Å². The van der Waals surface area contributed by atoms with Gasteiger partial charge in [0.25, 0.3) is 0 Å². The molecule has 0 radical (unpaired) electrons. The van der Waals surface area contributed by atoms with Crippen molar-refractivity contribution in [2.24, 2.45) is 45.6 Å². The maximum Gasteiger partial charge on any atom is 0.0866 e. The second kappa shape index (κ2) is 11.6. The first-order valence-corrected chi connectivity index (χ1v) is 11.3. The van der Waals surface area contributed by atoms with Crippen molar-refractivity contribution in [3.63, 3.8) is 0 Å². The molecule has 4 nitrogen and oxygen atoms in total. The summed E-state index contributed by atoms with van der Waals surface area (Å²) < 4.78 is 0. The molecule has 0 saturated heterocycles. The highest BCUT2D eigenvalue weighted by atomic mass is 15.2. The van der Waals surface area contributed by atoms with Gasteiger partial charge in [0.05, 0.1) is 11.4 Å². The Morgan fingerprint density at radius 2 is 1.12 bits per heavy atom. The molecule has 4 N–H and O–H groups in total. The maximum atomic E-state index is 5.85. The van der Waals surface area contributed by atoms with E-state index in [2.05, 4.69) is 24.1 Å². The highest BCUT2D eigenvalue weighted by Gasteiger charge is 2.32. The molecule has 26 heavy (non-hydrogen) atoms. The van der Waals surface area contributed by atoms with Gasteiger partial charge in [0, 0.05) is 11.8 Å². The number of hydrogen-bond acceptors (Lipinski definition) is 4. The number of nitrogens with zero attached hydrogens (tertiary/aromatic N) is 2. The average molecular weight is 363 g/mol. The van der Waals surface area contributed by atoms with E-state index in [-0.39, 0.29) is 0 Å². The fourth-order valence-electron chi connectivity index (χ4n) is 5.30. The van der Waals surface area contributed by atoms with Crippen molar-refractivity contribution < 1.29 is 0 Å². The van der Waals surface area contributed by atoms with Gasteiger partial charge in [-0.1, -0.05) is 52.4 Å². The van der Waals surface area contributed by atoms with Crippen molar-refractivity contribution in [2.75, 3.05) is 0 Å². The van der Waals surface area contributed by atoms with Crippen molar-refractivity contribution in [3.8, 4) is 0 Å². The molecule has 2 aliphatic rings. The maximum absolute atomic E-state index is 5.85. The van der Waals surface area contributed by atoms with Crippen molar-refractivity contribution in [3.05, 3.63) is 0 Å². The summed E-state index contributed by atoms with van der Waals surface area (Å²) in [5.41, 5.74) is 2.05. The summed E-state index contributed by atoms with van der Waals surface area (Å²) in [6.45, 7) is 4.57. The molecule has 0 spiro atoms. The number of hydrazone groups is 2. The average Bonchev–Trinajstić information content (AvgIpc) is 2.68. The predicted molar refractivity (Wildman–Crippen MR) is 113 cm³/mol. The van der Waals surface area contributed by atoms with Crippen LogP contribution in [0.4, 0.5) is 0 Å². The summed E-state index contributed by atoms with van der Waals surface area (Å²) in [4.78, 5) is 0. The molecule has 0 atom stereocenters. The SMILES string of the molecule is CCCCCC1CCC(C(=NN)C(=NN)C2CCC(CCC)CC2)CC1. The lowest BCUT2D eigenvalue weighted by atomic mass is 9.72. The molecule has 4 heteroatoms. The lowest BCUT2D eigenvalue weighted by molar-refractivity contribution is 0.296. The normalized spacial score (nSPS) is 31.2.